The van der Waals surface area contributed by atoms with Crippen molar-refractivity contribution < 1.29 is 13.2 Å². The van der Waals surface area contributed by atoms with E-state index in [1.54, 1.807) is 0 Å². The average Bonchev–Trinajstić information content (AvgIpc) is 2.35. The molecule has 74 valence electrons. The molecule has 2 aliphatic rings. The van der Waals surface area contributed by atoms with Gasteiger partial charge in [-0.15, -0.1) is 0 Å². The highest BCUT2D eigenvalue weighted by Crippen LogP contribution is 2.37. The molecule has 0 aromatic carbocycles. The van der Waals surface area contributed by atoms with Gasteiger partial charge in [0.05, 0.1) is 11.5 Å². The Morgan fingerprint density at radius 2 is 2.08 bits per heavy atom. The van der Waals surface area contributed by atoms with Crippen molar-refractivity contribution in [1.29, 1.82) is 0 Å². The van der Waals surface area contributed by atoms with Gasteiger partial charge in [0.1, 0.15) is 0 Å². The van der Waals surface area contributed by atoms with E-state index in [2.05, 4.69) is 5.32 Å². The molecular formula is C8H13NO3S. The third kappa shape index (κ3) is 1.70. The summed E-state index contributed by atoms with van der Waals surface area (Å²) in [6.45, 7) is 0.547. The molecule has 1 atom stereocenters. The molecule has 0 aromatic rings. The lowest BCUT2D eigenvalue weighted by Crippen LogP contribution is -2.43. The zero-order chi connectivity index (χ0) is 9.53. The van der Waals surface area contributed by atoms with E-state index < -0.39 is 9.84 Å². The van der Waals surface area contributed by atoms with Crippen molar-refractivity contribution in [3.05, 3.63) is 0 Å². The van der Waals surface area contributed by atoms with E-state index in [0.717, 1.165) is 12.8 Å². The van der Waals surface area contributed by atoms with Crippen molar-refractivity contribution in [2.45, 2.75) is 19.3 Å². The topological polar surface area (TPSA) is 63.2 Å². The molecule has 2 heterocycles. The van der Waals surface area contributed by atoms with Crippen molar-refractivity contribution in [3.8, 4) is 0 Å². The molecule has 0 aliphatic carbocycles. The first-order valence-corrected chi connectivity index (χ1v) is 6.31. The monoisotopic (exact) mass is 203 g/mol. The van der Waals surface area contributed by atoms with Crippen LogP contribution in [0.15, 0.2) is 0 Å². The maximum atomic E-state index is 11.3. The molecule has 1 N–H and O–H groups in total. The highest BCUT2D eigenvalue weighted by atomic mass is 32.2. The minimum Gasteiger partial charge on any atom is -0.356 e. The number of nitrogens with one attached hydrogen (secondary N) is 1. The maximum absolute atomic E-state index is 11.3. The summed E-state index contributed by atoms with van der Waals surface area (Å²) in [7, 11) is -2.82. The summed E-state index contributed by atoms with van der Waals surface area (Å²) in [4.78, 5) is 10.9. The summed E-state index contributed by atoms with van der Waals surface area (Å²) >= 11 is 0. The van der Waals surface area contributed by atoms with Crippen molar-refractivity contribution in [3.63, 3.8) is 0 Å². The van der Waals surface area contributed by atoms with Crippen LogP contribution >= 0.6 is 0 Å². The van der Waals surface area contributed by atoms with Crippen LogP contribution in [0.4, 0.5) is 0 Å². The number of hydrogen-bond donors (Lipinski definition) is 1. The number of carbonyl (C=O) groups is 1. The fourth-order valence-electron chi connectivity index (χ4n) is 2.16. The van der Waals surface area contributed by atoms with Crippen molar-refractivity contribution >= 4 is 15.7 Å². The summed E-state index contributed by atoms with van der Waals surface area (Å²) in [6.07, 6.45) is 1.93. The molecule has 0 aromatic heterocycles. The lowest BCUT2D eigenvalue weighted by atomic mass is 9.80. The zero-order valence-corrected chi connectivity index (χ0v) is 8.19. The van der Waals surface area contributed by atoms with Crippen LogP contribution < -0.4 is 5.32 Å². The van der Waals surface area contributed by atoms with Crippen LogP contribution in [0.5, 0.6) is 0 Å². The lowest BCUT2D eigenvalue weighted by Gasteiger charge is -2.31. The molecule has 1 spiro atoms. The van der Waals surface area contributed by atoms with Gasteiger partial charge in [0.2, 0.25) is 5.91 Å². The van der Waals surface area contributed by atoms with Gasteiger partial charge in [0.15, 0.2) is 9.84 Å². The highest BCUT2D eigenvalue weighted by Gasteiger charge is 2.44. The molecule has 0 saturated carbocycles. The summed E-state index contributed by atoms with van der Waals surface area (Å²) in [5.74, 6) is 0.610. The van der Waals surface area contributed by atoms with Crippen LogP contribution in [0.2, 0.25) is 0 Å². The summed E-state index contributed by atoms with van der Waals surface area (Å²) < 4.78 is 22.5. The Morgan fingerprint density at radius 3 is 2.54 bits per heavy atom. The van der Waals surface area contributed by atoms with Crippen LogP contribution in [0, 0.1) is 5.41 Å². The van der Waals surface area contributed by atoms with Crippen molar-refractivity contribution in [2.24, 2.45) is 5.41 Å². The fourth-order valence-corrected chi connectivity index (χ4v) is 4.37. The summed E-state index contributed by atoms with van der Waals surface area (Å²) in [6, 6.07) is 0. The minimum absolute atomic E-state index is 0.0509. The Morgan fingerprint density at radius 1 is 1.31 bits per heavy atom. The second-order valence-corrected chi connectivity index (χ2v) is 6.30. The van der Waals surface area contributed by atoms with Crippen LogP contribution in [0.3, 0.4) is 0 Å². The van der Waals surface area contributed by atoms with E-state index in [9.17, 15) is 13.2 Å². The Balaban J connectivity index is 2.12. The molecule has 2 aliphatic heterocycles. The van der Waals surface area contributed by atoms with Gasteiger partial charge in [0.25, 0.3) is 0 Å². The minimum atomic E-state index is -2.82. The quantitative estimate of drug-likeness (QED) is 0.588. The van der Waals surface area contributed by atoms with Gasteiger partial charge >= 0.3 is 0 Å². The fraction of sp³-hybridized carbons (Fsp3) is 0.875. The van der Waals surface area contributed by atoms with Crippen molar-refractivity contribution in [1.82, 2.24) is 5.32 Å². The van der Waals surface area contributed by atoms with Gasteiger partial charge in [-0.3, -0.25) is 4.79 Å². The second kappa shape index (κ2) is 2.70. The van der Waals surface area contributed by atoms with Gasteiger partial charge in [-0.05, 0) is 12.8 Å². The molecule has 4 nitrogen and oxygen atoms in total. The molecule has 0 radical (unpaired) electrons. The Kier molecular flexibility index (Phi) is 1.87. The number of sulfone groups is 1. The van der Waals surface area contributed by atoms with Gasteiger partial charge in [-0.2, -0.15) is 0 Å². The molecule has 1 amide bonds. The SMILES string of the molecule is O=C1CCC2(CCS(=O)(=O)C2)CN1. The van der Waals surface area contributed by atoms with Crippen LogP contribution in [0.1, 0.15) is 19.3 Å². The molecule has 1 unspecified atom stereocenters. The molecule has 2 saturated heterocycles. The zero-order valence-electron chi connectivity index (χ0n) is 7.38. The number of carbonyl (C=O) groups excluding carboxylic acids is 1. The first-order chi connectivity index (χ1) is 6.02. The van der Waals surface area contributed by atoms with E-state index in [0.29, 0.717) is 18.7 Å². The van der Waals surface area contributed by atoms with Gasteiger partial charge in [-0.1, -0.05) is 0 Å². The van der Waals surface area contributed by atoms with E-state index in [4.69, 9.17) is 0 Å². The Labute approximate surface area is 77.6 Å². The van der Waals surface area contributed by atoms with Gasteiger partial charge in [0, 0.05) is 18.4 Å². The first kappa shape index (κ1) is 8.99. The molecular weight excluding hydrogens is 190 g/mol. The Hall–Kier alpha value is -0.580. The Bertz CT molecular complexity index is 323. The number of rotatable bonds is 0. The average molecular weight is 203 g/mol. The molecule has 2 rings (SSSR count). The van der Waals surface area contributed by atoms with Crippen LogP contribution in [-0.4, -0.2) is 32.4 Å². The largest absolute Gasteiger partial charge is 0.356 e. The molecule has 0 bridgehead atoms. The van der Waals surface area contributed by atoms with Crippen LogP contribution in [-0.2, 0) is 14.6 Å². The predicted octanol–water partition coefficient (Wildman–Crippen LogP) is -0.299. The van der Waals surface area contributed by atoms with Gasteiger partial charge in [-0.25, -0.2) is 8.42 Å². The molecule has 13 heavy (non-hydrogen) atoms. The van der Waals surface area contributed by atoms with Crippen LogP contribution in [0.25, 0.3) is 0 Å². The third-order valence-electron chi connectivity index (χ3n) is 3.01. The molecule has 2 fully saturated rings. The van der Waals surface area contributed by atoms with E-state index >= 15 is 0 Å². The molecule has 5 heteroatoms. The summed E-state index contributed by atoms with van der Waals surface area (Å²) in [5, 5.41) is 2.75. The normalized spacial score (nSPS) is 37.7. The standard InChI is InChI=1S/C8H13NO3S/c10-7-1-2-8(5-9-7)3-4-13(11,12)6-8/h1-6H2,(H,9,10). The van der Waals surface area contributed by atoms with Crippen molar-refractivity contribution in [2.75, 3.05) is 18.1 Å². The first-order valence-electron chi connectivity index (χ1n) is 4.49. The number of hydrogen-bond acceptors (Lipinski definition) is 3. The smallest absolute Gasteiger partial charge is 0.220 e. The number of amides is 1. The third-order valence-corrected chi connectivity index (χ3v) is 4.89. The van der Waals surface area contributed by atoms with Gasteiger partial charge < -0.3 is 5.32 Å². The maximum Gasteiger partial charge on any atom is 0.220 e. The van der Waals surface area contributed by atoms with E-state index in [1.165, 1.54) is 0 Å². The predicted molar refractivity (Wildman–Crippen MR) is 47.9 cm³/mol. The number of piperidine rings is 1. The second-order valence-electron chi connectivity index (χ2n) is 4.12. The van der Waals surface area contributed by atoms with E-state index in [1.807, 2.05) is 0 Å². The summed E-state index contributed by atoms with van der Waals surface area (Å²) in [5.41, 5.74) is -0.132. The lowest BCUT2D eigenvalue weighted by molar-refractivity contribution is -0.124. The highest BCUT2D eigenvalue weighted by molar-refractivity contribution is 7.91. The van der Waals surface area contributed by atoms with E-state index in [-0.39, 0.29) is 17.1 Å².